The van der Waals surface area contributed by atoms with Crippen molar-refractivity contribution in [3.05, 3.63) is 0 Å². The van der Waals surface area contributed by atoms with Crippen LogP contribution in [0.5, 0.6) is 0 Å². The summed E-state index contributed by atoms with van der Waals surface area (Å²) in [5.41, 5.74) is -1.44. The van der Waals surface area contributed by atoms with E-state index in [9.17, 15) is 9.90 Å². The molecule has 1 saturated carbocycles. The molecule has 2 N–H and O–H groups in total. The highest BCUT2D eigenvalue weighted by Crippen LogP contribution is 2.30. The highest BCUT2D eigenvalue weighted by molar-refractivity contribution is 5.77. The summed E-state index contributed by atoms with van der Waals surface area (Å²) in [6.07, 6.45) is 3.50. The molecule has 1 aliphatic carbocycles. The molecular formula is C9H16O3. The molecule has 0 amide bonds. The lowest BCUT2D eigenvalue weighted by Crippen LogP contribution is -2.37. The number of carbonyl (C=O) groups is 1. The minimum Gasteiger partial charge on any atom is -0.479 e. The van der Waals surface area contributed by atoms with Crippen LogP contribution in [0.2, 0.25) is 0 Å². The van der Waals surface area contributed by atoms with Crippen molar-refractivity contribution in [2.75, 3.05) is 0 Å². The Kier molecular flexibility index (Phi) is 2.73. The monoisotopic (exact) mass is 172 g/mol. The molecule has 1 rings (SSSR count). The van der Waals surface area contributed by atoms with E-state index in [-0.39, 0.29) is 0 Å². The van der Waals surface area contributed by atoms with Crippen LogP contribution in [0.15, 0.2) is 0 Å². The van der Waals surface area contributed by atoms with Crippen LogP contribution in [-0.2, 0) is 4.79 Å². The Hall–Kier alpha value is -0.570. The maximum Gasteiger partial charge on any atom is 0.335 e. The molecule has 3 heteroatoms. The summed E-state index contributed by atoms with van der Waals surface area (Å²) in [6.45, 7) is 2.10. The number of carboxylic acids is 1. The molecule has 0 radical (unpaired) electrons. The van der Waals surface area contributed by atoms with Gasteiger partial charge in [-0.25, -0.2) is 4.79 Å². The normalized spacial score (nSPS) is 37.3. The van der Waals surface area contributed by atoms with Crippen molar-refractivity contribution in [2.45, 2.75) is 44.6 Å². The molecule has 0 aliphatic heterocycles. The van der Waals surface area contributed by atoms with Gasteiger partial charge < -0.3 is 10.2 Å². The fourth-order valence-corrected chi connectivity index (χ4v) is 1.71. The second-order valence-corrected chi connectivity index (χ2v) is 3.87. The van der Waals surface area contributed by atoms with Gasteiger partial charge in [0.05, 0.1) is 0 Å². The molecule has 0 aromatic rings. The van der Waals surface area contributed by atoms with Gasteiger partial charge in [0.1, 0.15) is 0 Å². The highest BCUT2D eigenvalue weighted by atomic mass is 16.4. The lowest BCUT2D eigenvalue weighted by molar-refractivity contribution is -0.159. The second kappa shape index (κ2) is 3.44. The second-order valence-electron chi connectivity index (χ2n) is 3.87. The third kappa shape index (κ3) is 1.97. The van der Waals surface area contributed by atoms with E-state index < -0.39 is 11.6 Å². The lowest BCUT2D eigenvalue weighted by atomic mass is 9.94. The average molecular weight is 172 g/mol. The lowest BCUT2D eigenvalue weighted by Gasteiger charge is -2.20. The molecule has 0 aromatic carbocycles. The summed E-state index contributed by atoms with van der Waals surface area (Å²) in [7, 11) is 0. The van der Waals surface area contributed by atoms with Gasteiger partial charge in [-0.15, -0.1) is 0 Å². The molecule has 2 atom stereocenters. The fourth-order valence-electron chi connectivity index (χ4n) is 1.71. The SMILES string of the molecule is CC1CCCC(O)(C(=O)O)CC1. The van der Waals surface area contributed by atoms with E-state index >= 15 is 0 Å². The van der Waals surface area contributed by atoms with E-state index in [0.717, 1.165) is 19.3 Å². The van der Waals surface area contributed by atoms with E-state index in [2.05, 4.69) is 6.92 Å². The largest absolute Gasteiger partial charge is 0.479 e. The first-order chi connectivity index (χ1) is 5.54. The molecule has 1 aliphatic rings. The minimum absolute atomic E-state index is 0.406. The summed E-state index contributed by atoms with van der Waals surface area (Å²) in [6, 6.07) is 0. The summed E-state index contributed by atoms with van der Waals surface area (Å²) in [5, 5.41) is 18.4. The maximum atomic E-state index is 10.7. The van der Waals surface area contributed by atoms with Crippen molar-refractivity contribution in [1.82, 2.24) is 0 Å². The van der Waals surface area contributed by atoms with Crippen LogP contribution in [0.1, 0.15) is 39.0 Å². The Morgan fingerprint density at radius 2 is 2.08 bits per heavy atom. The molecule has 12 heavy (non-hydrogen) atoms. The standard InChI is InChI=1S/C9H16O3/c1-7-3-2-5-9(12,6-4-7)8(10)11/h7,12H,2-6H2,1H3,(H,10,11). The van der Waals surface area contributed by atoms with E-state index in [1.807, 2.05) is 0 Å². The van der Waals surface area contributed by atoms with Gasteiger partial charge in [-0.1, -0.05) is 13.3 Å². The van der Waals surface area contributed by atoms with Gasteiger partial charge in [0.25, 0.3) is 0 Å². The van der Waals surface area contributed by atoms with E-state index in [4.69, 9.17) is 5.11 Å². The Bertz CT molecular complexity index is 179. The zero-order valence-corrected chi connectivity index (χ0v) is 7.42. The summed E-state index contributed by atoms with van der Waals surface area (Å²) in [4.78, 5) is 10.7. The zero-order chi connectivity index (χ0) is 9.19. The number of rotatable bonds is 1. The van der Waals surface area contributed by atoms with Crippen LogP contribution < -0.4 is 0 Å². The average Bonchev–Trinajstić information content (AvgIpc) is 2.15. The first-order valence-corrected chi connectivity index (χ1v) is 4.50. The molecule has 0 saturated heterocycles. The summed E-state index contributed by atoms with van der Waals surface area (Å²) >= 11 is 0. The molecular weight excluding hydrogens is 156 g/mol. The third-order valence-electron chi connectivity index (χ3n) is 2.74. The molecule has 2 unspecified atom stereocenters. The van der Waals surface area contributed by atoms with Crippen LogP contribution in [0, 0.1) is 5.92 Å². The predicted molar refractivity (Wildman–Crippen MR) is 44.8 cm³/mol. The first kappa shape index (κ1) is 9.52. The van der Waals surface area contributed by atoms with Gasteiger partial charge in [0.2, 0.25) is 0 Å². The highest BCUT2D eigenvalue weighted by Gasteiger charge is 2.36. The number of hydrogen-bond donors (Lipinski definition) is 2. The Morgan fingerprint density at radius 3 is 2.67 bits per heavy atom. The van der Waals surface area contributed by atoms with Crippen molar-refractivity contribution in [3.8, 4) is 0 Å². The number of carboxylic acid groups (broad SMARTS) is 1. The van der Waals surface area contributed by atoms with Crippen LogP contribution in [0.25, 0.3) is 0 Å². The first-order valence-electron chi connectivity index (χ1n) is 4.50. The van der Waals surface area contributed by atoms with E-state index in [1.54, 1.807) is 0 Å². The Labute approximate surface area is 72.4 Å². The van der Waals surface area contributed by atoms with Gasteiger partial charge in [-0.05, 0) is 31.6 Å². The van der Waals surface area contributed by atoms with Crippen molar-refractivity contribution in [2.24, 2.45) is 5.92 Å². The van der Waals surface area contributed by atoms with Crippen molar-refractivity contribution in [1.29, 1.82) is 0 Å². The van der Waals surface area contributed by atoms with Gasteiger partial charge in [-0.3, -0.25) is 0 Å². The van der Waals surface area contributed by atoms with E-state index in [0.29, 0.717) is 18.8 Å². The fraction of sp³-hybridized carbons (Fsp3) is 0.889. The molecule has 1 fully saturated rings. The van der Waals surface area contributed by atoms with Crippen molar-refractivity contribution < 1.29 is 15.0 Å². The molecule has 0 heterocycles. The quantitative estimate of drug-likeness (QED) is 0.588. The number of aliphatic carboxylic acids is 1. The Balaban J connectivity index is 2.61. The van der Waals surface area contributed by atoms with Crippen LogP contribution in [0.3, 0.4) is 0 Å². The number of hydrogen-bond acceptors (Lipinski definition) is 2. The van der Waals surface area contributed by atoms with Crippen molar-refractivity contribution >= 4 is 5.97 Å². The van der Waals surface area contributed by atoms with Crippen LogP contribution >= 0.6 is 0 Å². The third-order valence-corrected chi connectivity index (χ3v) is 2.74. The summed E-state index contributed by atoms with van der Waals surface area (Å²) < 4.78 is 0. The van der Waals surface area contributed by atoms with Gasteiger partial charge in [0.15, 0.2) is 5.60 Å². The Morgan fingerprint density at radius 1 is 1.42 bits per heavy atom. The van der Waals surface area contributed by atoms with Gasteiger partial charge in [-0.2, -0.15) is 0 Å². The van der Waals surface area contributed by atoms with Crippen LogP contribution in [0.4, 0.5) is 0 Å². The van der Waals surface area contributed by atoms with Crippen molar-refractivity contribution in [3.63, 3.8) is 0 Å². The topological polar surface area (TPSA) is 57.5 Å². The number of aliphatic hydroxyl groups is 1. The van der Waals surface area contributed by atoms with Crippen LogP contribution in [-0.4, -0.2) is 21.8 Å². The molecule has 3 nitrogen and oxygen atoms in total. The van der Waals surface area contributed by atoms with Gasteiger partial charge >= 0.3 is 5.97 Å². The minimum atomic E-state index is -1.44. The molecule has 70 valence electrons. The smallest absolute Gasteiger partial charge is 0.335 e. The maximum absolute atomic E-state index is 10.7. The van der Waals surface area contributed by atoms with Gasteiger partial charge in [0, 0.05) is 0 Å². The predicted octanol–water partition coefficient (Wildman–Crippen LogP) is 1.40. The summed E-state index contributed by atoms with van der Waals surface area (Å²) in [5.74, 6) is -0.505. The molecule has 0 spiro atoms. The zero-order valence-electron chi connectivity index (χ0n) is 7.42. The van der Waals surface area contributed by atoms with E-state index in [1.165, 1.54) is 0 Å². The molecule has 0 aromatic heterocycles. The molecule has 0 bridgehead atoms.